The lowest BCUT2D eigenvalue weighted by Gasteiger charge is -2.32. The standard InChI is InChI=1S/C14H28N4O/c1-17-8-10-18(11-9-17)7-6-16-14(19)12-13-2-4-15-5-3-13/h13,15H,2-12H2,1H3,(H,16,19). The van der Waals surface area contributed by atoms with E-state index in [2.05, 4.69) is 27.5 Å². The van der Waals surface area contributed by atoms with E-state index < -0.39 is 0 Å². The molecule has 110 valence electrons. The van der Waals surface area contributed by atoms with E-state index in [1.165, 1.54) is 0 Å². The van der Waals surface area contributed by atoms with Crippen LogP contribution >= 0.6 is 0 Å². The van der Waals surface area contributed by atoms with Gasteiger partial charge in [0, 0.05) is 45.7 Å². The monoisotopic (exact) mass is 268 g/mol. The lowest BCUT2D eigenvalue weighted by Crippen LogP contribution is -2.47. The number of amides is 1. The third-order valence-corrected chi connectivity index (χ3v) is 4.28. The largest absolute Gasteiger partial charge is 0.355 e. The van der Waals surface area contributed by atoms with Crippen molar-refractivity contribution in [1.29, 1.82) is 0 Å². The fourth-order valence-corrected chi connectivity index (χ4v) is 2.85. The van der Waals surface area contributed by atoms with Gasteiger partial charge in [0.25, 0.3) is 0 Å². The maximum absolute atomic E-state index is 11.8. The minimum absolute atomic E-state index is 0.237. The van der Waals surface area contributed by atoms with Crippen molar-refractivity contribution < 1.29 is 4.79 Å². The molecule has 0 aliphatic carbocycles. The molecular weight excluding hydrogens is 240 g/mol. The van der Waals surface area contributed by atoms with Crippen molar-refractivity contribution in [2.24, 2.45) is 5.92 Å². The van der Waals surface area contributed by atoms with Gasteiger partial charge in [-0.25, -0.2) is 0 Å². The topological polar surface area (TPSA) is 47.6 Å². The maximum Gasteiger partial charge on any atom is 0.220 e. The summed E-state index contributed by atoms with van der Waals surface area (Å²) in [6, 6.07) is 0. The van der Waals surface area contributed by atoms with Crippen molar-refractivity contribution in [2.75, 3.05) is 59.4 Å². The second-order valence-corrected chi connectivity index (χ2v) is 5.89. The molecule has 2 aliphatic heterocycles. The van der Waals surface area contributed by atoms with Crippen LogP contribution in [-0.2, 0) is 4.79 Å². The molecule has 0 aromatic carbocycles. The SMILES string of the molecule is CN1CCN(CCNC(=O)CC2CCNCC2)CC1. The van der Waals surface area contributed by atoms with Crippen molar-refractivity contribution in [1.82, 2.24) is 20.4 Å². The number of carbonyl (C=O) groups excluding carboxylic acids is 1. The second-order valence-electron chi connectivity index (χ2n) is 5.89. The zero-order valence-electron chi connectivity index (χ0n) is 12.2. The van der Waals surface area contributed by atoms with Gasteiger partial charge in [0.15, 0.2) is 0 Å². The van der Waals surface area contributed by atoms with Crippen molar-refractivity contribution in [3.8, 4) is 0 Å². The van der Waals surface area contributed by atoms with E-state index in [4.69, 9.17) is 0 Å². The number of hydrogen-bond donors (Lipinski definition) is 2. The zero-order chi connectivity index (χ0) is 13.5. The summed E-state index contributed by atoms with van der Waals surface area (Å²) in [5.74, 6) is 0.825. The summed E-state index contributed by atoms with van der Waals surface area (Å²) < 4.78 is 0. The fourth-order valence-electron chi connectivity index (χ4n) is 2.85. The van der Waals surface area contributed by atoms with Gasteiger partial charge in [-0.15, -0.1) is 0 Å². The van der Waals surface area contributed by atoms with Gasteiger partial charge in [-0.1, -0.05) is 0 Å². The Labute approximate surface area is 116 Å². The first-order chi connectivity index (χ1) is 9.24. The van der Waals surface area contributed by atoms with E-state index in [1.54, 1.807) is 0 Å². The number of hydrogen-bond acceptors (Lipinski definition) is 4. The molecule has 1 amide bonds. The summed E-state index contributed by atoms with van der Waals surface area (Å²) >= 11 is 0. The summed E-state index contributed by atoms with van der Waals surface area (Å²) in [6.07, 6.45) is 3.00. The highest BCUT2D eigenvalue weighted by Gasteiger charge is 2.17. The highest BCUT2D eigenvalue weighted by molar-refractivity contribution is 5.76. The minimum Gasteiger partial charge on any atom is -0.355 e. The minimum atomic E-state index is 0.237. The molecular formula is C14H28N4O. The molecule has 2 saturated heterocycles. The molecule has 0 spiro atoms. The lowest BCUT2D eigenvalue weighted by molar-refractivity contribution is -0.122. The second kappa shape index (κ2) is 7.82. The molecule has 0 aromatic rings. The van der Waals surface area contributed by atoms with Crippen molar-refractivity contribution in [3.05, 3.63) is 0 Å². The first-order valence-corrected chi connectivity index (χ1v) is 7.62. The fraction of sp³-hybridized carbons (Fsp3) is 0.929. The van der Waals surface area contributed by atoms with E-state index in [9.17, 15) is 4.79 Å². The smallest absolute Gasteiger partial charge is 0.220 e. The summed E-state index contributed by atoms with van der Waals surface area (Å²) in [5, 5.41) is 6.41. The Bertz CT molecular complexity index is 271. The van der Waals surface area contributed by atoms with Crippen LogP contribution in [0.25, 0.3) is 0 Å². The maximum atomic E-state index is 11.8. The number of rotatable bonds is 5. The predicted molar refractivity (Wildman–Crippen MR) is 77.2 cm³/mol. The average Bonchev–Trinajstić information content (AvgIpc) is 2.42. The summed E-state index contributed by atoms with van der Waals surface area (Å²) in [7, 11) is 2.16. The quantitative estimate of drug-likeness (QED) is 0.721. The highest BCUT2D eigenvalue weighted by atomic mass is 16.1. The van der Waals surface area contributed by atoms with Gasteiger partial charge < -0.3 is 15.5 Å². The first kappa shape index (κ1) is 14.8. The lowest BCUT2D eigenvalue weighted by atomic mass is 9.94. The molecule has 5 nitrogen and oxygen atoms in total. The molecule has 0 unspecified atom stereocenters. The molecule has 19 heavy (non-hydrogen) atoms. The van der Waals surface area contributed by atoms with Crippen LogP contribution in [0.1, 0.15) is 19.3 Å². The summed E-state index contributed by atoms with van der Waals surface area (Å²) in [6.45, 7) is 8.46. The normalized spacial score (nSPS) is 23.4. The van der Waals surface area contributed by atoms with Gasteiger partial charge in [0.05, 0.1) is 0 Å². The number of carbonyl (C=O) groups is 1. The van der Waals surface area contributed by atoms with Crippen LogP contribution in [0.15, 0.2) is 0 Å². The number of piperidine rings is 1. The zero-order valence-corrected chi connectivity index (χ0v) is 12.2. The first-order valence-electron chi connectivity index (χ1n) is 7.62. The summed E-state index contributed by atoms with van der Waals surface area (Å²) in [5.41, 5.74) is 0. The van der Waals surface area contributed by atoms with E-state index >= 15 is 0 Å². The van der Waals surface area contributed by atoms with Crippen molar-refractivity contribution in [2.45, 2.75) is 19.3 Å². The van der Waals surface area contributed by atoms with Crippen LogP contribution in [-0.4, -0.2) is 75.1 Å². The van der Waals surface area contributed by atoms with E-state index in [-0.39, 0.29) is 5.91 Å². The Morgan fingerprint density at radius 3 is 2.58 bits per heavy atom. The van der Waals surface area contributed by atoms with Gasteiger partial charge in [0.2, 0.25) is 5.91 Å². The molecule has 2 fully saturated rings. The number of nitrogens with zero attached hydrogens (tertiary/aromatic N) is 2. The number of piperazine rings is 1. The van der Waals surface area contributed by atoms with Gasteiger partial charge >= 0.3 is 0 Å². The van der Waals surface area contributed by atoms with Gasteiger partial charge in [-0.05, 0) is 38.9 Å². The van der Waals surface area contributed by atoms with Crippen LogP contribution in [0.5, 0.6) is 0 Å². The molecule has 0 atom stereocenters. The Morgan fingerprint density at radius 1 is 1.21 bits per heavy atom. The third kappa shape index (κ3) is 5.47. The van der Waals surface area contributed by atoms with Crippen LogP contribution < -0.4 is 10.6 Å². The van der Waals surface area contributed by atoms with Gasteiger partial charge in [0.1, 0.15) is 0 Å². The van der Waals surface area contributed by atoms with Crippen LogP contribution in [0.4, 0.5) is 0 Å². The highest BCUT2D eigenvalue weighted by Crippen LogP contribution is 2.15. The molecule has 0 aromatic heterocycles. The molecule has 0 saturated carbocycles. The third-order valence-electron chi connectivity index (χ3n) is 4.28. The molecule has 2 N–H and O–H groups in total. The van der Waals surface area contributed by atoms with Crippen molar-refractivity contribution in [3.63, 3.8) is 0 Å². The molecule has 2 heterocycles. The molecule has 2 aliphatic rings. The Kier molecular flexibility index (Phi) is 6.07. The number of likely N-dealkylation sites (N-methyl/N-ethyl adjacent to an activating group) is 1. The predicted octanol–water partition coefficient (Wildman–Crippen LogP) is -0.260. The molecule has 2 rings (SSSR count). The average molecular weight is 268 g/mol. The van der Waals surface area contributed by atoms with Crippen molar-refractivity contribution >= 4 is 5.91 Å². The van der Waals surface area contributed by atoms with Crippen LogP contribution in [0.3, 0.4) is 0 Å². The molecule has 5 heteroatoms. The number of nitrogens with one attached hydrogen (secondary N) is 2. The Balaban J connectivity index is 1.53. The van der Waals surface area contributed by atoms with Gasteiger partial charge in [-0.3, -0.25) is 9.69 Å². The van der Waals surface area contributed by atoms with E-state index in [0.717, 1.165) is 65.2 Å². The Hall–Kier alpha value is -0.650. The van der Waals surface area contributed by atoms with Crippen LogP contribution in [0.2, 0.25) is 0 Å². The summed E-state index contributed by atoms with van der Waals surface area (Å²) in [4.78, 5) is 16.6. The molecule has 0 bridgehead atoms. The van der Waals surface area contributed by atoms with E-state index in [0.29, 0.717) is 12.3 Å². The van der Waals surface area contributed by atoms with Crippen LogP contribution in [0, 0.1) is 5.92 Å². The Morgan fingerprint density at radius 2 is 1.89 bits per heavy atom. The van der Waals surface area contributed by atoms with E-state index in [1.807, 2.05) is 0 Å². The molecule has 0 radical (unpaired) electrons. The van der Waals surface area contributed by atoms with Gasteiger partial charge in [-0.2, -0.15) is 0 Å².